The number of aliphatic hydroxyl groups excluding tert-OH is 1. The molecule has 1 fully saturated rings. The average molecular weight is 333 g/mol. The Morgan fingerprint density at radius 2 is 1.96 bits per heavy atom. The summed E-state index contributed by atoms with van der Waals surface area (Å²) >= 11 is 1.95. The normalized spacial score (nSPS) is 16.7. The van der Waals surface area contributed by atoms with Crippen molar-refractivity contribution in [3.63, 3.8) is 0 Å². The van der Waals surface area contributed by atoms with Gasteiger partial charge in [-0.25, -0.2) is 0 Å². The van der Waals surface area contributed by atoms with E-state index in [9.17, 15) is 9.90 Å². The van der Waals surface area contributed by atoms with Crippen molar-refractivity contribution < 1.29 is 9.90 Å². The number of allylic oxidation sites excluding steroid dienone is 1. The fourth-order valence-electron chi connectivity index (χ4n) is 2.86. The van der Waals surface area contributed by atoms with E-state index in [1.54, 1.807) is 6.08 Å². The van der Waals surface area contributed by atoms with Gasteiger partial charge in [0.05, 0.1) is 0 Å². The molecule has 2 N–H and O–H groups in total. The van der Waals surface area contributed by atoms with Crippen molar-refractivity contribution in [2.75, 3.05) is 24.7 Å². The molecule has 0 saturated carbocycles. The average Bonchev–Trinajstić information content (AvgIpc) is 2.56. The van der Waals surface area contributed by atoms with E-state index >= 15 is 0 Å². The molecule has 2 rings (SSSR count). The molecule has 126 valence electrons. The number of hydrogen-bond acceptors (Lipinski definition) is 3. The van der Waals surface area contributed by atoms with Crippen LogP contribution in [0.4, 0.5) is 0 Å². The molecule has 1 aromatic rings. The van der Waals surface area contributed by atoms with Gasteiger partial charge in [0, 0.05) is 25.1 Å². The van der Waals surface area contributed by atoms with Crippen LogP contribution in [0.5, 0.6) is 0 Å². The fraction of sp³-hybridized carbons (Fsp3) is 0.526. The van der Waals surface area contributed by atoms with E-state index in [1.807, 2.05) is 43.8 Å². The summed E-state index contributed by atoms with van der Waals surface area (Å²) in [5, 5.41) is 12.8. The summed E-state index contributed by atoms with van der Waals surface area (Å²) < 4.78 is 0. The molecule has 0 spiro atoms. The van der Waals surface area contributed by atoms with Gasteiger partial charge in [0.1, 0.15) is 0 Å². The van der Waals surface area contributed by atoms with Crippen molar-refractivity contribution in [1.29, 1.82) is 0 Å². The Bertz CT molecular complexity index is 532. The summed E-state index contributed by atoms with van der Waals surface area (Å²) in [5.74, 6) is 2.30. The lowest BCUT2D eigenvalue weighted by atomic mass is 9.75. The summed E-state index contributed by atoms with van der Waals surface area (Å²) in [6.07, 6.45) is 3.80. The summed E-state index contributed by atoms with van der Waals surface area (Å²) in [6.45, 7) is 4.69. The molecule has 3 nitrogen and oxygen atoms in total. The van der Waals surface area contributed by atoms with Gasteiger partial charge in [-0.2, -0.15) is 11.8 Å². The van der Waals surface area contributed by atoms with Crippen molar-refractivity contribution >= 4 is 17.7 Å². The van der Waals surface area contributed by atoms with Gasteiger partial charge in [0.2, 0.25) is 5.91 Å². The second-order valence-electron chi connectivity index (χ2n) is 6.77. The van der Waals surface area contributed by atoms with E-state index in [2.05, 4.69) is 17.4 Å². The van der Waals surface area contributed by atoms with Crippen LogP contribution in [-0.4, -0.2) is 35.7 Å². The number of hydrogen-bond donors (Lipinski definition) is 2. The standard InChI is InChI=1S/C19H27NO2S/c1-19(2,14-21)17(16-6-4-3-5-7-16)13-20-18(22)12-15-8-10-23-11-9-15/h3-7,12,17,21H,8-11,13-14H2,1-2H3,(H,20,22). The van der Waals surface area contributed by atoms with Gasteiger partial charge in [-0.15, -0.1) is 0 Å². The highest BCUT2D eigenvalue weighted by atomic mass is 32.2. The molecule has 1 amide bonds. The Morgan fingerprint density at radius 1 is 1.30 bits per heavy atom. The monoisotopic (exact) mass is 333 g/mol. The lowest BCUT2D eigenvalue weighted by molar-refractivity contribution is -0.116. The number of carbonyl (C=O) groups excluding carboxylic acids is 1. The topological polar surface area (TPSA) is 49.3 Å². The molecule has 1 saturated heterocycles. The highest BCUT2D eigenvalue weighted by molar-refractivity contribution is 7.99. The summed E-state index contributed by atoms with van der Waals surface area (Å²) in [7, 11) is 0. The lowest BCUT2D eigenvalue weighted by Gasteiger charge is -2.33. The van der Waals surface area contributed by atoms with Crippen molar-refractivity contribution in [2.45, 2.75) is 32.6 Å². The lowest BCUT2D eigenvalue weighted by Crippen LogP contribution is -2.36. The molecule has 1 unspecified atom stereocenters. The van der Waals surface area contributed by atoms with Gasteiger partial charge >= 0.3 is 0 Å². The van der Waals surface area contributed by atoms with Gasteiger partial charge in [-0.1, -0.05) is 49.8 Å². The number of thioether (sulfide) groups is 1. The summed E-state index contributed by atoms with van der Waals surface area (Å²) in [4.78, 5) is 12.2. The van der Waals surface area contributed by atoms with Crippen LogP contribution in [0.25, 0.3) is 0 Å². The number of benzene rings is 1. The highest BCUT2D eigenvalue weighted by Crippen LogP contribution is 2.34. The predicted molar refractivity (Wildman–Crippen MR) is 97.7 cm³/mol. The molecule has 0 radical (unpaired) electrons. The highest BCUT2D eigenvalue weighted by Gasteiger charge is 2.30. The predicted octanol–water partition coefficient (Wildman–Crippen LogP) is 3.36. The summed E-state index contributed by atoms with van der Waals surface area (Å²) in [6, 6.07) is 10.1. The van der Waals surface area contributed by atoms with Crippen LogP contribution in [0.2, 0.25) is 0 Å². The zero-order valence-corrected chi connectivity index (χ0v) is 14.9. The molecule has 1 heterocycles. The van der Waals surface area contributed by atoms with E-state index in [0.29, 0.717) is 6.54 Å². The van der Waals surface area contributed by atoms with E-state index in [1.165, 1.54) is 5.57 Å². The first-order valence-corrected chi connectivity index (χ1v) is 9.39. The Balaban J connectivity index is 2.02. The van der Waals surface area contributed by atoms with Crippen LogP contribution >= 0.6 is 11.8 Å². The van der Waals surface area contributed by atoms with Crippen molar-refractivity contribution in [3.8, 4) is 0 Å². The Morgan fingerprint density at radius 3 is 2.57 bits per heavy atom. The van der Waals surface area contributed by atoms with Gasteiger partial charge < -0.3 is 10.4 Å². The summed E-state index contributed by atoms with van der Waals surface area (Å²) in [5.41, 5.74) is 2.11. The molecule has 23 heavy (non-hydrogen) atoms. The molecule has 0 bridgehead atoms. The molecule has 1 atom stereocenters. The minimum Gasteiger partial charge on any atom is -0.396 e. The smallest absolute Gasteiger partial charge is 0.243 e. The van der Waals surface area contributed by atoms with Crippen LogP contribution in [-0.2, 0) is 4.79 Å². The second kappa shape index (κ2) is 8.55. The largest absolute Gasteiger partial charge is 0.396 e. The maximum Gasteiger partial charge on any atom is 0.243 e. The van der Waals surface area contributed by atoms with Crippen molar-refractivity contribution in [1.82, 2.24) is 5.32 Å². The fourth-order valence-corrected chi connectivity index (χ4v) is 3.88. The molecule has 4 heteroatoms. The third-order valence-corrected chi connectivity index (χ3v) is 5.49. The maximum atomic E-state index is 12.2. The van der Waals surface area contributed by atoms with Crippen molar-refractivity contribution in [3.05, 3.63) is 47.5 Å². The van der Waals surface area contributed by atoms with Crippen LogP contribution in [0.1, 0.15) is 38.2 Å². The van der Waals surface area contributed by atoms with Crippen LogP contribution in [0.3, 0.4) is 0 Å². The first kappa shape index (κ1) is 18.1. The first-order chi connectivity index (χ1) is 11.0. The van der Waals surface area contributed by atoms with E-state index in [0.717, 1.165) is 29.9 Å². The molecule has 1 aromatic carbocycles. The first-order valence-electron chi connectivity index (χ1n) is 8.24. The van der Waals surface area contributed by atoms with E-state index < -0.39 is 0 Å². The quantitative estimate of drug-likeness (QED) is 0.785. The zero-order chi connectivity index (χ0) is 16.7. The number of rotatable bonds is 6. The third kappa shape index (κ3) is 5.40. The van der Waals surface area contributed by atoms with Gasteiger partial charge in [-0.05, 0) is 35.3 Å². The van der Waals surface area contributed by atoms with E-state index in [-0.39, 0.29) is 23.8 Å². The zero-order valence-electron chi connectivity index (χ0n) is 14.0. The SMILES string of the molecule is CC(C)(CO)C(CNC(=O)C=C1CCSCC1)c1ccccc1. The van der Waals surface area contributed by atoms with Crippen LogP contribution in [0, 0.1) is 5.41 Å². The molecule has 1 aliphatic heterocycles. The van der Waals surface area contributed by atoms with Crippen LogP contribution in [0.15, 0.2) is 42.0 Å². The molecule has 0 aliphatic carbocycles. The number of amides is 1. The van der Waals surface area contributed by atoms with Crippen LogP contribution < -0.4 is 5.32 Å². The Hall–Kier alpha value is -1.26. The van der Waals surface area contributed by atoms with Gasteiger partial charge in [0.25, 0.3) is 0 Å². The maximum absolute atomic E-state index is 12.2. The number of nitrogens with one attached hydrogen (secondary N) is 1. The molecular weight excluding hydrogens is 306 g/mol. The van der Waals surface area contributed by atoms with Crippen molar-refractivity contribution in [2.24, 2.45) is 5.41 Å². The van der Waals surface area contributed by atoms with Gasteiger partial charge in [-0.3, -0.25) is 4.79 Å². The minimum absolute atomic E-state index is 0.0124. The van der Waals surface area contributed by atoms with Gasteiger partial charge in [0.15, 0.2) is 0 Å². The Kier molecular flexibility index (Phi) is 6.72. The minimum atomic E-state index is -0.288. The number of carbonyl (C=O) groups is 1. The molecule has 0 aromatic heterocycles. The Labute approximate surface area is 143 Å². The van der Waals surface area contributed by atoms with E-state index in [4.69, 9.17) is 0 Å². The number of aliphatic hydroxyl groups is 1. The molecular formula is C19H27NO2S. The second-order valence-corrected chi connectivity index (χ2v) is 7.99. The molecule has 1 aliphatic rings. The third-order valence-electron chi connectivity index (χ3n) is 4.50.